The maximum Gasteiger partial charge on any atom is 0.389 e. The Morgan fingerprint density at radius 1 is 1.36 bits per heavy atom. The summed E-state index contributed by atoms with van der Waals surface area (Å²) in [4.78, 5) is 30.8. The van der Waals surface area contributed by atoms with Crippen LogP contribution in [0.15, 0.2) is 35.7 Å². The van der Waals surface area contributed by atoms with Crippen molar-refractivity contribution in [1.82, 2.24) is 18.8 Å². The van der Waals surface area contributed by atoms with Crippen LogP contribution in [-0.4, -0.2) is 89.2 Å². The number of likely N-dealkylation sites (N-methyl/N-ethyl adjacent to an activating group) is 1. The van der Waals surface area contributed by atoms with Crippen LogP contribution in [-0.2, 0) is 21.9 Å². The van der Waals surface area contributed by atoms with E-state index >= 15 is 0 Å². The van der Waals surface area contributed by atoms with Crippen molar-refractivity contribution in [2.24, 2.45) is 13.0 Å². The number of fused-ring (bicyclic) bond motifs is 1. The lowest BCUT2D eigenvalue weighted by Gasteiger charge is -2.38. The second kappa shape index (κ2) is 11.9. The van der Waals surface area contributed by atoms with E-state index in [-0.39, 0.29) is 47.6 Å². The molecule has 0 saturated heterocycles. The summed E-state index contributed by atoms with van der Waals surface area (Å²) in [5.74, 6) is -1.67. The average molecular weight is 576 g/mol. The van der Waals surface area contributed by atoms with E-state index in [0.717, 1.165) is 4.31 Å². The first kappa shape index (κ1) is 30.4. The first-order chi connectivity index (χ1) is 18.1. The molecule has 2 N–H and O–H groups in total. The van der Waals surface area contributed by atoms with Gasteiger partial charge in [0, 0.05) is 44.9 Å². The molecule has 15 heteroatoms. The first-order valence-corrected chi connectivity index (χ1v) is 13.6. The van der Waals surface area contributed by atoms with Crippen LogP contribution in [0.1, 0.15) is 37.0 Å². The molecule has 11 nitrogen and oxygen atoms in total. The summed E-state index contributed by atoms with van der Waals surface area (Å²) in [5, 5.41) is 12.0. The summed E-state index contributed by atoms with van der Waals surface area (Å²) in [6, 6.07) is 3.47. The lowest BCUT2D eigenvalue weighted by molar-refractivity contribution is -0.142. The Bertz CT molecular complexity index is 1300. The molecule has 2 amide bonds. The van der Waals surface area contributed by atoms with Crippen LogP contribution < -0.4 is 10.1 Å². The lowest BCUT2D eigenvalue weighted by atomic mass is 9.99. The highest BCUT2D eigenvalue weighted by molar-refractivity contribution is 7.89. The fourth-order valence-electron chi connectivity index (χ4n) is 4.03. The smallest absolute Gasteiger partial charge is 0.389 e. The van der Waals surface area contributed by atoms with Gasteiger partial charge in [-0.2, -0.15) is 17.5 Å². The molecule has 1 aromatic heterocycles. The van der Waals surface area contributed by atoms with E-state index in [1.807, 2.05) is 0 Å². The van der Waals surface area contributed by atoms with Gasteiger partial charge in [-0.15, -0.1) is 0 Å². The van der Waals surface area contributed by atoms with Crippen LogP contribution in [0.3, 0.4) is 0 Å². The van der Waals surface area contributed by atoms with E-state index in [4.69, 9.17) is 4.74 Å². The normalized spacial score (nSPS) is 19.2. The van der Waals surface area contributed by atoms with E-state index in [0.29, 0.717) is 0 Å². The maximum atomic E-state index is 13.5. The van der Waals surface area contributed by atoms with Crippen molar-refractivity contribution >= 4 is 27.5 Å². The standard InChI is InChI=1S/C24H32F3N5O6S/c1-15-10-32(16(2)13-33)23(35)18-9-17(29-21(34)7-8-24(25,26)27)5-6-19(18)38-20(15)11-31(4)39(36,37)22-12-30(3)14-28-22/h5-6,9,12,14-16,20,33H,7-8,10-11,13H2,1-4H3,(H,29,34)/t15-,16-,20+/m0/s1. The molecular formula is C24H32F3N5O6S. The third kappa shape index (κ3) is 7.48. The molecule has 0 spiro atoms. The molecule has 1 aliphatic rings. The van der Waals surface area contributed by atoms with Crippen LogP contribution >= 0.6 is 0 Å². The molecule has 0 aliphatic carbocycles. The number of hydrogen-bond donors (Lipinski definition) is 2. The van der Waals surface area contributed by atoms with Crippen molar-refractivity contribution in [2.45, 2.75) is 50.0 Å². The van der Waals surface area contributed by atoms with Crippen LogP contribution in [0.2, 0.25) is 0 Å². The number of aliphatic hydroxyl groups is 1. The molecule has 1 aliphatic heterocycles. The topological polar surface area (TPSA) is 134 Å². The van der Waals surface area contributed by atoms with Crippen molar-refractivity contribution < 1.29 is 41.0 Å². The zero-order valence-corrected chi connectivity index (χ0v) is 22.8. The predicted octanol–water partition coefficient (Wildman–Crippen LogP) is 2.24. The van der Waals surface area contributed by atoms with Gasteiger partial charge >= 0.3 is 6.18 Å². The number of hydrogen-bond acceptors (Lipinski definition) is 7. The molecule has 216 valence electrons. The minimum Gasteiger partial charge on any atom is -0.488 e. The Labute approximate surface area is 224 Å². The predicted molar refractivity (Wildman–Crippen MR) is 135 cm³/mol. The van der Waals surface area contributed by atoms with Gasteiger partial charge in [-0.3, -0.25) is 9.59 Å². The highest BCUT2D eigenvalue weighted by Gasteiger charge is 2.36. The quantitative estimate of drug-likeness (QED) is 0.469. The van der Waals surface area contributed by atoms with Crippen molar-refractivity contribution in [3.63, 3.8) is 0 Å². The van der Waals surface area contributed by atoms with Gasteiger partial charge in [0.25, 0.3) is 15.9 Å². The summed E-state index contributed by atoms with van der Waals surface area (Å²) in [5.41, 5.74) is 0.102. The minimum absolute atomic E-state index is 0.0102. The number of amides is 2. The van der Waals surface area contributed by atoms with Crippen molar-refractivity contribution in [1.29, 1.82) is 0 Å². The van der Waals surface area contributed by atoms with Gasteiger partial charge in [0.05, 0.1) is 37.5 Å². The molecule has 1 aromatic carbocycles. The SMILES string of the molecule is C[C@H]1CN([C@@H](C)CO)C(=O)c2cc(NC(=O)CCC(F)(F)F)ccc2O[C@@H]1CN(C)S(=O)(=O)c1cn(C)cn1. The molecular weight excluding hydrogens is 543 g/mol. The Kier molecular flexibility index (Phi) is 9.28. The molecule has 0 radical (unpaired) electrons. The minimum atomic E-state index is -4.49. The first-order valence-electron chi connectivity index (χ1n) is 12.2. The number of aromatic nitrogens is 2. The van der Waals surface area contributed by atoms with Gasteiger partial charge in [-0.1, -0.05) is 6.92 Å². The van der Waals surface area contributed by atoms with Gasteiger partial charge in [0.2, 0.25) is 5.91 Å². The van der Waals surface area contributed by atoms with Crippen molar-refractivity contribution in [3.8, 4) is 5.75 Å². The molecule has 2 aromatic rings. The molecule has 0 unspecified atom stereocenters. The highest BCUT2D eigenvalue weighted by atomic mass is 32.2. The summed E-state index contributed by atoms with van der Waals surface area (Å²) in [7, 11) is -0.917. The van der Waals surface area contributed by atoms with Gasteiger partial charge in [-0.05, 0) is 25.1 Å². The molecule has 0 bridgehead atoms. The fraction of sp³-hybridized carbons (Fsp3) is 0.542. The Balaban J connectivity index is 1.91. The lowest BCUT2D eigenvalue weighted by Crippen LogP contribution is -2.50. The molecule has 0 fully saturated rings. The van der Waals surface area contributed by atoms with Gasteiger partial charge < -0.3 is 24.6 Å². The third-order valence-electron chi connectivity index (χ3n) is 6.38. The number of nitrogens with one attached hydrogen (secondary N) is 1. The van der Waals surface area contributed by atoms with Crippen molar-refractivity contribution in [2.75, 3.05) is 32.1 Å². The zero-order chi connectivity index (χ0) is 29.1. The zero-order valence-electron chi connectivity index (χ0n) is 22.0. The van der Waals surface area contributed by atoms with Crippen LogP contribution in [0.5, 0.6) is 5.75 Å². The number of carbonyl (C=O) groups is 2. The Hall–Kier alpha value is -3.17. The largest absolute Gasteiger partial charge is 0.488 e. The number of benzene rings is 1. The molecule has 3 rings (SSSR count). The second-order valence-electron chi connectivity index (χ2n) is 9.66. The van der Waals surface area contributed by atoms with Gasteiger partial charge in [0.1, 0.15) is 11.9 Å². The Morgan fingerprint density at radius 2 is 2.05 bits per heavy atom. The number of aryl methyl sites for hydroxylation is 1. The summed E-state index contributed by atoms with van der Waals surface area (Å²) in [6.45, 7) is 3.11. The summed E-state index contributed by atoms with van der Waals surface area (Å²) in [6.07, 6.45) is -4.56. The van der Waals surface area contributed by atoms with Gasteiger partial charge in [-0.25, -0.2) is 13.4 Å². The number of alkyl halides is 3. The molecule has 3 atom stereocenters. The number of sulfonamides is 1. The monoisotopic (exact) mass is 575 g/mol. The van der Waals surface area contributed by atoms with E-state index in [9.17, 15) is 36.3 Å². The highest BCUT2D eigenvalue weighted by Crippen LogP contribution is 2.31. The Morgan fingerprint density at radius 3 is 2.64 bits per heavy atom. The number of carbonyl (C=O) groups excluding carboxylic acids is 2. The van der Waals surface area contributed by atoms with Crippen LogP contribution in [0, 0.1) is 5.92 Å². The number of nitrogens with zero attached hydrogens (tertiary/aromatic N) is 4. The summed E-state index contributed by atoms with van der Waals surface area (Å²) < 4.78 is 72.3. The number of anilines is 1. The van der Waals surface area contributed by atoms with Crippen LogP contribution in [0.25, 0.3) is 0 Å². The number of imidazole rings is 1. The molecule has 0 saturated carbocycles. The van der Waals surface area contributed by atoms with Gasteiger partial charge in [0.15, 0.2) is 5.03 Å². The van der Waals surface area contributed by atoms with E-state index in [1.54, 1.807) is 20.9 Å². The van der Waals surface area contributed by atoms with E-state index in [1.165, 1.54) is 47.2 Å². The number of aliphatic hydroxyl groups excluding tert-OH is 1. The average Bonchev–Trinajstić information content (AvgIpc) is 3.31. The second-order valence-corrected chi connectivity index (χ2v) is 11.7. The fourth-order valence-corrected chi connectivity index (χ4v) is 5.17. The molecule has 2 heterocycles. The van der Waals surface area contributed by atoms with Crippen molar-refractivity contribution in [3.05, 3.63) is 36.3 Å². The maximum absolute atomic E-state index is 13.5. The number of halogens is 3. The molecule has 39 heavy (non-hydrogen) atoms. The number of ether oxygens (including phenoxy) is 1. The van der Waals surface area contributed by atoms with E-state index < -0.39 is 53.0 Å². The summed E-state index contributed by atoms with van der Waals surface area (Å²) >= 11 is 0. The van der Waals surface area contributed by atoms with E-state index in [2.05, 4.69) is 10.3 Å². The van der Waals surface area contributed by atoms with Crippen LogP contribution in [0.4, 0.5) is 18.9 Å². The third-order valence-corrected chi connectivity index (χ3v) is 8.09. The number of rotatable bonds is 9.